The van der Waals surface area contributed by atoms with Gasteiger partial charge in [0.2, 0.25) is 0 Å². The van der Waals surface area contributed by atoms with Crippen molar-refractivity contribution in [2.45, 2.75) is 45.3 Å². The zero-order chi connectivity index (χ0) is 10.8. The minimum atomic E-state index is -0.465. The van der Waals surface area contributed by atoms with Crippen LogP contribution in [0.2, 0.25) is 0 Å². The molecule has 0 aromatic rings. The summed E-state index contributed by atoms with van der Waals surface area (Å²) >= 11 is 0. The monoisotopic (exact) mass is 195 g/mol. The Kier molecular flexibility index (Phi) is 3.05. The third kappa shape index (κ3) is 3.69. The number of carbonyl (C=O) groups is 1. The van der Waals surface area contributed by atoms with E-state index in [1.165, 1.54) is 0 Å². The molecule has 14 heavy (non-hydrogen) atoms. The van der Waals surface area contributed by atoms with E-state index in [1.54, 1.807) is 0 Å². The van der Waals surface area contributed by atoms with Gasteiger partial charge in [-0.1, -0.05) is 5.92 Å². The Balaban J connectivity index is 2.36. The van der Waals surface area contributed by atoms with Gasteiger partial charge in [0.25, 0.3) is 0 Å². The number of terminal acetylenes is 1. The number of alkyl carbamates (subject to hydrolysis) is 1. The maximum Gasteiger partial charge on any atom is 0.408 e. The molecule has 1 aliphatic rings. The molecule has 0 aromatic carbocycles. The maximum atomic E-state index is 11.3. The number of nitrogens with one attached hydrogen (secondary N) is 1. The second-order valence-corrected chi connectivity index (χ2v) is 4.63. The van der Waals surface area contributed by atoms with Crippen molar-refractivity contribution in [3.63, 3.8) is 0 Å². The highest BCUT2D eigenvalue weighted by Crippen LogP contribution is 2.32. The predicted molar refractivity (Wildman–Crippen MR) is 54.7 cm³/mol. The highest BCUT2D eigenvalue weighted by molar-refractivity contribution is 5.68. The lowest BCUT2D eigenvalue weighted by molar-refractivity contribution is 0.0512. The van der Waals surface area contributed by atoms with Crippen molar-refractivity contribution in [2.24, 2.45) is 5.92 Å². The first kappa shape index (κ1) is 10.9. The molecule has 0 heterocycles. The lowest BCUT2D eigenvalue weighted by Gasteiger charge is -2.21. The minimum Gasteiger partial charge on any atom is -0.444 e. The van der Waals surface area contributed by atoms with Crippen LogP contribution in [0, 0.1) is 18.3 Å². The molecule has 1 fully saturated rings. The Hall–Kier alpha value is -1.17. The van der Waals surface area contributed by atoms with Gasteiger partial charge in [-0.25, -0.2) is 4.79 Å². The second kappa shape index (κ2) is 3.91. The second-order valence-electron chi connectivity index (χ2n) is 4.63. The van der Waals surface area contributed by atoms with Crippen molar-refractivity contribution in [1.29, 1.82) is 0 Å². The minimum absolute atomic E-state index is 0.162. The number of carbonyl (C=O) groups excluding carboxylic acids is 1. The molecule has 1 N–H and O–H groups in total. The third-order valence-corrected chi connectivity index (χ3v) is 1.95. The molecule has 78 valence electrons. The lowest BCUT2D eigenvalue weighted by atomic mass is 10.2. The molecule has 1 rings (SSSR count). The molecule has 0 aliphatic heterocycles. The van der Waals surface area contributed by atoms with Gasteiger partial charge in [-0.2, -0.15) is 0 Å². The van der Waals surface area contributed by atoms with Crippen LogP contribution in [0.3, 0.4) is 0 Å². The van der Waals surface area contributed by atoms with Crippen molar-refractivity contribution in [1.82, 2.24) is 5.32 Å². The molecule has 0 aromatic heterocycles. The van der Waals surface area contributed by atoms with Gasteiger partial charge in [0.1, 0.15) is 5.60 Å². The Labute approximate surface area is 85.2 Å². The van der Waals surface area contributed by atoms with Gasteiger partial charge in [0, 0.05) is 0 Å². The highest BCUT2D eigenvalue weighted by Gasteiger charge is 2.32. The number of amides is 1. The van der Waals surface area contributed by atoms with Gasteiger partial charge in [-0.15, -0.1) is 6.42 Å². The van der Waals surface area contributed by atoms with Crippen LogP contribution in [-0.4, -0.2) is 17.7 Å². The molecule has 3 nitrogen and oxygen atoms in total. The van der Waals surface area contributed by atoms with Crippen LogP contribution in [0.25, 0.3) is 0 Å². The fraction of sp³-hybridized carbons (Fsp3) is 0.727. The van der Waals surface area contributed by atoms with E-state index in [2.05, 4.69) is 11.2 Å². The van der Waals surface area contributed by atoms with E-state index in [0.29, 0.717) is 5.92 Å². The SMILES string of the molecule is C#CC(NC(=O)OC(C)(C)C)C1CC1. The molecule has 1 saturated carbocycles. The molecule has 3 heteroatoms. The highest BCUT2D eigenvalue weighted by atomic mass is 16.6. The summed E-state index contributed by atoms with van der Waals surface area (Å²) in [6.45, 7) is 5.48. The van der Waals surface area contributed by atoms with Gasteiger partial charge in [0.15, 0.2) is 0 Å². The summed E-state index contributed by atoms with van der Waals surface area (Å²) in [6, 6.07) is -0.162. The van der Waals surface area contributed by atoms with Crippen LogP contribution in [0.4, 0.5) is 4.79 Å². The van der Waals surface area contributed by atoms with E-state index in [4.69, 9.17) is 11.2 Å². The molecule has 0 bridgehead atoms. The van der Waals surface area contributed by atoms with Gasteiger partial charge in [0.05, 0.1) is 6.04 Å². The Morgan fingerprint density at radius 2 is 2.14 bits per heavy atom. The van der Waals surface area contributed by atoms with E-state index < -0.39 is 11.7 Å². The molecular weight excluding hydrogens is 178 g/mol. The summed E-state index contributed by atoms with van der Waals surface area (Å²) in [6.07, 6.45) is 7.09. The third-order valence-electron chi connectivity index (χ3n) is 1.95. The first-order chi connectivity index (χ1) is 6.42. The summed E-state index contributed by atoms with van der Waals surface area (Å²) in [5, 5.41) is 2.69. The van der Waals surface area contributed by atoms with Gasteiger partial charge in [-0.3, -0.25) is 0 Å². The maximum absolute atomic E-state index is 11.3. The predicted octanol–water partition coefficient (Wildman–Crippen LogP) is 1.92. The van der Waals surface area contributed by atoms with Crippen LogP contribution in [0.15, 0.2) is 0 Å². The summed E-state index contributed by atoms with van der Waals surface area (Å²) in [7, 11) is 0. The van der Waals surface area contributed by atoms with Crippen molar-refractivity contribution in [3.8, 4) is 12.3 Å². The average Bonchev–Trinajstić information content (AvgIpc) is 2.78. The van der Waals surface area contributed by atoms with E-state index in [0.717, 1.165) is 12.8 Å². The van der Waals surface area contributed by atoms with Crippen LogP contribution in [-0.2, 0) is 4.74 Å². The van der Waals surface area contributed by atoms with E-state index >= 15 is 0 Å². The van der Waals surface area contributed by atoms with Crippen molar-refractivity contribution >= 4 is 6.09 Å². The standard InChI is InChI=1S/C11H17NO2/c1-5-9(8-6-7-8)12-10(13)14-11(2,3)4/h1,8-9H,6-7H2,2-4H3,(H,12,13). The first-order valence-corrected chi connectivity index (χ1v) is 4.88. The summed E-state index contributed by atoms with van der Waals surface area (Å²) in [5.41, 5.74) is -0.465. The largest absolute Gasteiger partial charge is 0.444 e. The zero-order valence-corrected chi connectivity index (χ0v) is 8.96. The fourth-order valence-electron chi connectivity index (χ4n) is 1.16. The summed E-state index contributed by atoms with van der Waals surface area (Å²) in [5.74, 6) is 3.02. The molecule has 0 spiro atoms. The molecule has 0 saturated heterocycles. The molecule has 1 unspecified atom stereocenters. The summed E-state index contributed by atoms with van der Waals surface area (Å²) < 4.78 is 5.10. The summed E-state index contributed by atoms with van der Waals surface area (Å²) in [4.78, 5) is 11.3. The fourth-order valence-corrected chi connectivity index (χ4v) is 1.16. The quantitative estimate of drug-likeness (QED) is 0.684. The molecule has 0 radical (unpaired) electrons. The van der Waals surface area contributed by atoms with Gasteiger partial charge >= 0.3 is 6.09 Å². The topological polar surface area (TPSA) is 38.3 Å². The zero-order valence-electron chi connectivity index (χ0n) is 8.96. The normalized spacial score (nSPS) is 18.1. The van der Waals surface area contributed by atoms with Crippen molar-refractivity contribution in [3.05, 3.63) is 0 Å². The van der Waals surface area contributed by atoms with Crippen molar-refractivity contribution < 1.29 is 9.53 Å². The van der Waals surface area contributed by atoms with Crippen molar-refractivity contribution in [2.75, 3.05) is 0 Å². The Morgan fingerprint density at radius 3 is 2.50 bits per heavy atom. The Morgan fingerprint density at radius 1 is 1.57 bits per heavy atom. The van der Waals surface area contributed by atoms with Crippen LogP contribution in [0.5, 0.6) is 0 Å². The average molecular weight is 195 g/mol. The lowest BCUT2D eigenvalue weighted by Crippen LogP contribution is -2.39. The van der Waals surface area contributed by atoms with Gasteiger partial charge in [-0.05, 0) is 39.5 Å². The van der Waals surface area contributed by atoms with Gasteiger partial charge < -0.3 is 10.1 Å². The van der Waals surface area contributed by atoms with Crippen LogP contribution in [0.1, 0.15) is 33.6 Å². The van der Waals surface area contributed by atoms with E-state index in [1.807, 2.05) is 20.8 Å². The van der Waals surface area contributed by atoms with E-state index in [9.17, 15) is 4.79 Å². The molecule has 1 atom stereocenters. The molecular formula is C11H17NO2. The molecule has 1 amide bonds. The van der Waals surface area contributed by atoms with E-state index in [-0.39, 0.29) is 6.04 Å². The number of hydrogen-bond acceptors (Lipinski definition) is 2. The first-order valence-electron chi connectivity index (χ1n) is 4.88. The molecule has 1 aliphatic carbocycles. The number of rotatable bonds is 2. The van der Waals surface area contributed by atoms with Crippen LogP contribution < -0.4 is 5.32 Å². The number of hydrogen-bond donors (Lipinski definition) is 1. The van der Waals surface area contributed by atoms with Crippen LogP contribution >= 0.6 is 0 Å². The number of ether oxygens (including phenoxy) is 1. The Bertz CT molecular complexity index is 255. The smallest absolute Gasteiger partial charge is 0.408 e.